The fourth-order valence-corrected chi connectivity index (χ4v) is 7.21. The molecule has 4 amide bonds. The van der Waals surface area contributed by atoms with Crippen LogP contribution in [0.2, 0.25) is 0 Å². The number of hydrogen-bond donors (Lipinski definition) is 4. The minimum Gasteiger partial charge on any atom is -0.362 e. The molecule has 3 rings (SSSR count). The number of fused-ring (bicyclic) bond motifs is 1. The van der Waals surface area contributed by atoms with Crippen LogP contribution in [0.1, 0.15) is 88.0 Å². The van der Waals surface area contributed by atoms with Gasteiger partial charge in [0.25, 0.3) is 17.7 Å². The standard InChI is InChI=1S/C35H60N6O6/c1-11-13-14-22(29(44)32(46)37-15-12-2)38-31(45)28-27-21(35(27,9)10)17-40(28)23(16-33(3,4)5)30(36)39-24(34(6,7)8)18-41-25(42)19-47-20-26(41)43/h12,21-24,27-28,30,39H,2,11,13-20,36H2,1,3-10H3,(H,37,46)(H,38,45)/t21-,22?,23?,24+,27-,28-,30?/m0/s1. The first-order valence-electron chi connectivity index (χ1n) is 17.2. The smallest absolute Gasteiger partial charge is 0.289 e. The number of carbonyl (C=O) groups is 5. The Balaban J connectivity index is 1.91. The van der Waals surface area contributed by atoms with Crippen LogP contribution in [0.25, 0.3) is 0 Å². The van der Waals surface area contributed by atoms with E-state index < -0.39 is 29.9 Å². The van der Waals surface area contributed by atoms with Gasteiger partial charge in [-0.2, -0.15) is 0 Å². The summed E-state index contributed by atoms with van der Waals surface area (Å²) in [6.07, 6.45) is 3.42. The van der Waals surface area contributed by atoms with E-state index in [4.69, 9.17) is 10.5 Å². The quantitative estimate of drug-likeness (QED) is 0.0839. The van der Waals surface area contributed by atoms with Gasteiger partial charge < -0.3 is 21.1 Å². The normalized spacial score (nSPS) is 25.4. The van der Waals surface area contributed by atoms with E-state index in [1.54, 1.807) is 0 Å². The van der Waals surface area contributed by atoms with Crippen LogP contribution in [0.4, 0.5) is 0 Å². The van der Waals surface area contributed by atoms with Crippen LogP contribution < -0.4 is 21.7 Å². The molecule has 0 spiro atoms. The number of morpholine rings is 1. The number of unbranched alkanes of at least 4 members (excludes halogenated alkanes) is 1. The molecule has 12 heteroatoms. The highest BCUT2D eigenvalue weighted by Gasteiger charge is 2.69. The number of nitrogens with zero attached hydrogens (tertiary/aromatic N) is 2. The molecule has 0 aromatic heterocycles. The monoisotopic (exact) mass is 660 g/mol. The summed E-state index contributed by atoms with van der Waals surface area (Å²) >= 11 is 0. The zero-order chi connectivity index (χ0) is 35.5. The predicted octanol–water partition coefficient (Wildman–Crippen LogP) is 1.97. The summed E-state index contributed by atoms with van der Waals surface area (Å²) in [5.41, 5.74) is 6.48. The number of ketones is 1. The van der Waals surface area contributed by atoms with Crippen molar-refractivity contribution in [1.29, 1.82) is 0 Å². The van der Waals surface area contributed by atoms with Gasteiger partial charge in [0.1, 0.15) is 13.2 Å². The minimum atomic E-state index is -0.934. The maximum absolute atomic E-state index is 14.3. The number of carbonyl (C=O) groups excluding carboxylic acids is 5. The molecule has 3 unspecified atom stereocenters. The molecule has 3 fully saturated rings. The van der Waals surface area contributed by atoms with Crippen LogP contribution in [0, 0.1) is 28.1 Å². The molecule has 2 saturated heterocycles. The van der Waals surface area contributed by atoms with E-state index in [0.717, 1.165) is 6.42 Å². The van der Waals surface area contributed by atoms with Gasteiger partial charge in [-0.05, 0) is 40.9 Å². The third kappa shape index (κ3) is 9.49. The summed E-state index contributed by atoms with van der Waals surface area (Å²) in [6, 6.07) is -2.09. The molecule has 7 atom stereocenters. The van der Waals surface area contributed by atoms with Gasteiger partial charge in [-0.25, -0.2) is 0 Å². The molecule has 12 nitrogen and oxygen atoms in total. The molecule has 47 heavy (non-hydrogen) atoms. The van der Waals surface area contributed by atoms with Gasteiger partial charge in [-0.1, -0.05) is 81.2 Å². The van der Waals surface area contributed by atoms with Crippen LogP contribution in [-0.2, 0) is 28.7 Å². The SMILES string of the molecule is C=CCNC(=O)C(=O)C(CCCC)NC(=O)[C@@H]1[C@@H]2[C@H](CN1C(CC(C)(C)C)C(N)N[C@H](CN1C(=O)COCC1=O)C(C)(C)C)C2(C)C. The van der Waals surface area contributed by atoms with Crippen LogP contribution >= 0.6 is 0 Å². The van der Waals surface area contributed by atoms with Crippen molar-refractivity contribution in [3.63, 3.8) is 0 Å². The first-order chi connectivity index (χ1) is 21.7. The summed E-state index contributed by atoms with van der Waals surface area (Å²) in [6.45, 7) is 23.2. The number of rotatable bonds is 16. The van der Waals surface area contributed by atoms with E-state index in [2.05, 4.69) is 62.0 Å². The molecule has 1 aliphatic carbocycles. The number of likely N-dealkylation sites (tertiary alicyclic amines) is 1. The molecular formula is C35H60N6O6. The summed E-state index contributed by atoms with van der Waals surface area (Å²) < 4.78 is 5.11. The second-order valence-corrected chi connectivity index (χ2v) is 16.5. The fraction of sp³-hybridized carbons (Fsp3) is 0.800. The van der Waals surface area contributed by atoms with Crippen LogP contribution in [0.5, 0.6) is 0 Å². The van der Waals surface area contributed by atoms with Gasteiger partial charge in [0.2, 0.25) is 11.7 Å². The van der Waals surface area contributed by atoms with E-state index in [1.165, 1.54) is 11.0 Å². The Morgan fingerprint density at radius 3 is 2.26 bits per heavy atom. The lowest BCUT2D eigenvalue weighted by Gasteiger charge is -2.45. The highest BCUT2D eigenvalue weighted by atomic mass is 16.5. The number of nitrogens with one attached hydrogen (secondary N) is 3. The Kier molecular flexibility index (Phi) is 12.6. The van der Waals surface area contributed by atoms with Crippen LogP contribution in [-0.4, -0.2) is 102 Å². The highest BCUT2D eigenvalue weighted by Crippen LogP contribution is 2.65. The summed E-state index contributed by atoms with van der Waals surface area (Å²) in [5.74, 6) is -2.07. The molecule has 0 radical (unpaired) electrons. The Morgan fingerprint density at radius 1 is 1.11 bits per heavy atom. The molecule has 1 saturated carbocycles. The third-order valence-corrected chi connectivity index (χ3v) is 10.1. The number of hydrogen-bond acceptors (Lipinski definition) is 9. The van der Waals surface area contributed by atoms with Crippen molar-refractivity contribution in [3.05, 3.63) is 12.7 Å². The number of nitrogens with two attached hydrogens (primary N) is 1. The van der Waals surface area contributed by atoms with Crippen molar-refractivity contribution in [2.24, 2.45) is 33.8 Å². The molecule has 0 bridgehead atoms. The van der Waals surface area contributed by atoms with Gasteiger partial charge in [0.05, 0.1) is 18.2 Å². The number of piperidine rings is 1. The topological polar surface area (TPSA) is 163 Å². The lowest BCUT2D eigenvalue weighted by Crippen LogP contribution is -2.66. The Bertz CT molecular complexity index is 1170. The van der Waals surface area contributed by atoms with E-state index in [-0.39, 0.29) is 84.2 Å². The van der Waals surface area contributed by atoms with Crippen LogP contribution in [0.15, 0.2) is 12.7 Å². The summed E-state index contributed by atoms with van der Waals surface area (Å²) in [4.78, 5) is 68.8. The minimum absolute atomic E-state index is 0.0580. The van der Waals surface area contributed by atoms with Gasteiger partial charge in [-0.15, -0.1) is 6.58 Å². The second kappa shape index (κ2) is 15.3. The molecule has 5 N–H and O–H groups in total. The molecule has 266 valence electrons. The summed E-state index contributed by atoms with van der Waals surface area (Å²) in [7, 11) is 0. The molecule has 0 aromatic rings. The first-order valence-corrected chi connectivity index (χ1v) is 17.2. The zero-order valence-electron chi connectivity index (χ0n) is 30.1. The average molecular weight is 661 g/mol. The average Bonchev–Trinajstić information content (AvgIpc) is 3.27. The van der Waals surface area contributed by atoms with E-state index >= 15 is 0 Å². The van der Waals surface area contributed by atoms with Gasteiger partial charge in [-0.3, -0.25) is 39.1 Å². The maximum Gasteiger partial charge on any atom is 0.289 e. The molecule has 3 aliphatic rings. The van der Waals surface area contributed by atoms with Gasteiger partial charge >= 0.3 is 0 Å². The van der Waals surface area contributed by atoms with E-state index in [1.807, 2.05) is 27.7 Å². The number of ether oxygens (including phenoxy) is 1. The fourth-order valence-electron chi connectivity index (χ4n) is 7.21. The number of Topliss-reactive ketones (excluding diaryl/α,β-unsaturated/α-hetero) is 1. The van der Waals surface area contributed by atoms with E-state index in [0.29, 0.717) is 25.8 Å². The van der Waals surface area contributed by atoms with Gasteiger partial charge in [0, 0.05) is 31.7 Å². The lowest BCUT2D eigenvalue weighted by atomic mass is 9.83. The predicted molar refractivity (Wildman–Crippen MR) is 181 cm³/mol. The number of amides is 4. The highest BCUT2D eigenvalue weighted by molar-refractivity contribution is 6.38. The number of imide groups is 1. The second-order valence-electron chi connectivity index (χ2n) is 16.5. The van der Waals surface area contributed by atoms with Crippen LogP contribution in [0.3, 0.4) is 0 Å². The van der Waals surface area contributed by atoms with Crippen molar-refractivity contribution in [2.75, 3.05) is 32.8 Å². The third-order valence-electron chi connectivity index (χ3n) is 10.1. The van der Waals surface area contributed by atoms with Crippen molar-refractivity contribution >= 4 is 29.4 Å². The summed E-state index contributed by atoms with van der Waals surface area (Å²) in [5, 5.41) is 9.12. The molecule has 2 aliphatic heterocycles. The van der Waals surface area contributed by atoms with Crippen molar-refractivity contribution in [1.82, 2.24) is 25.8 Å². The van der Waals surface area contributed by atoms with Gasteiger partial charge in [0.15, 0.2) is 0 Å². The van der Waals surface area contributed by atoms with E-state index in [9.17, 15) is 24.0 Å². The Morgan fingerprint density at radius 2 is 1.72 bits per heavy atom. The van der Waals surface area contributed by atoms with Crippen molar-refractivity contribution < 1.29 is 28.7 Å². The Labute approximate surface area is 281 Å². The zero-order valence-corrected chi connectivity index (χ0v) is 30.1. The van der Waals surface area contributed by atoms with Crippen molar-refractivity contribution in [2.45, 2.75) is 118 Å². The molecule has 0 aromatic carbocycles. The first kappa shape index (κ1) is 38.8. The maximum atomic E-state index is 14.3. The molecule has 2 heterocycles. The largest absolute Gasteiger partial charge is 0.362 e. The van der Waals surface area contributed by atoms with Crippen molar-refractivity contribution in [3.8, 4) is 0 Å². The lowest BCUT2D eigenvalue weighted by molar-refractivity contribution is -0.159. The Hall–Kier alpha value is -2.67. The molecular weight excluding hydrogens is 600 g/mol.